The molecule has 1 amide bonds. The zero-order valence-corrected chi connectivity index (χ0v) is 14.4. The first-order valence-corrected chi connectivity index (χ1v) is 8.34. The molecule has 0 spiro atoms. The summed E-state index contributed by atoms with van der Waals surface area (Å²) >= 11 is 1.69. The first-order chi connectivity index (χ1) is 10.6. The summed E-state index contributed by atoms with van der Waals surface area (Å²) in [5, 5.41) is 8.51. The third kappa shape index (κ3) is 7.99. The largest absolute Gasteiger partial charge is 0.382 e. The van der Waals surface area contributed by atoms with E-state index in [-0.39, 0.29) is 12.5 Å². The summed E-state index contributed by atoms with van der Waals surface area (Å²) in [6.07, 6.45) is 0.898. The van der Waals surface area contributed by atoms with Gasteiger partial charge < -0.3 is 20.3 Å². The third-order valence-electron chi connectivity index (χ3n) is 2.84. The van der Waals surface area contributed by atoms with Crippen LogP contribution in [0.2, 0.25) is 0 Å². The number of nitrogens with zero attached hydrogens (tertiary/aromatic N) is 2. The zero-order chi connectivity index (χ0) is 16.2. The molecule has 6 nitrogen and oxygen atoms in total. The van der Waals surface area contributed by atoms with Crippen LogP contribution >= 0.6 is 11.3 Å². The summed E-state index contributed by atoms with van der Waals surface area (Å²) in [6, 6.07) is 4.08. The molecule has 1 aromatic heterocycles. The second-order valence-electron chi connectivity index (χ2n) is 4.86. The molecule has 0 aliphatic carbocycles. The first-order valence-electron chi connectivity index (χ1n) is 7.46. The third-order valence-corrected chi connectivity index (χ3v) is 3.72. The molecule has 0 saturated heterocycles. The van der Waals surface area contributed by atoms with Crippen LogP contribution in [0, 0.1) is 0 Å². The highest BCUT2D eigenvalue weighted by Gasteiger charge is 2.04. The number of likely N-dealkylation sites (N-methyl/N-ethyl adjacent to an activating group) is 1. The van der Waals surface area contributed by atoms with Crippen molar-refractivity contribution in [2.45, 2.75) is 19.9 Å². The monoisotopic (exact) mass is 326 g/mol. The fourth-order valence-electron chi connectivity index (χ4n) is 1.57. The van der Waals surface area contributed by atoms with Gasteiger partial charge in [0, 0.05) is 38.7 Å². The van der Waals surface area contributed by atoms with Crippen LogP contribution in [0.5, 0.6) is 0 Å². The van der Waals surface area contributed by atoms with E-state index in [1.807, 2.05) is 18.4 Å². The molecule has 0 unspecified atom stereocenters. The highest BCUT2D eigenvalue weighted by molar-refractivity contribution is 7.09. The Morgan fingerprint density at radius 3 is 2.86 bits per heavy atom. The summed E-state index contributed by atoms with van der Waals surface area (Å²) in [4.78, 5) is 18.7. The molecule has 2 N–H and O–H groups in total. The van der Waals surface area contributed by atoms with Gasteiger partial charge in [0.25, 0.3) is 0 Å². The number of carbonyl (C=O) groups is 1. The van der Waals surface area contributed by atoms with Gasteiger partial charge in [0.1, 0.15) is 6.54 Å². The molecule has 124 valence electrons. The van der Waals surface area contributed by atoms with Gasteiger partial charge in [-0.05, 0) is 24.8 Å². The number of hydrogen-bond donors (Lipinski definition) is 2. The predicted molar refractivity (Wildman–Crippen MR) is 91.3 cm³/mol. The molecule has 0 fully saturated rings. The fraction of sp³-hybridized carbons (Fsp3) is 0.600. The number of amides is 1. The number of guanidine groups is 1. The van der Waals surface area contributed by atoms with Crippen LogP contribution in [0.15, 0.2) is 22.5 Å². The van der Waals surface area contributed by atoms with Crippen molar-refractivity contribution in [2.75, 3.05) is 40.4 Å². The van der Waals surface area contributed by atoms with E-state index >= 15 is 0 Å². The second-order valence-corrected chi connectivity index (χ2v) is 5.90. The van der Waals surface area contributed by atoms with Crippen molar-refractivity contribution >= 4 is 23.2 Å². The molecule has 1 rings (SSSR count). The van der Waals surface area contributed by atoms with E-state index in [4.69, 9.17) is 4.74 Å². The Balaban J connectivity index is 2.44. The lowest BCUT2D eigenvalue weighted by molar-refractivity contribution is -0.127. The van der Waals surface area contributed by atoms with E-state index in [9.17, 15) is 4.79 Å². The van der Waals surface area contributed by atoms with Crippen LogP contribution in [0.1, 0.15) is 18.2 Å². The minimum absolute atomic E-state index is 0.0217. The first kappa shape index (κ1) is 18.4. The van der Waals surface area contributed by atoms with Crippen molar-refractivity contribution in [1.29, 1.82) is 0 Å². The standard InChI is InChI=1S/C15H26N4O2S/c1-4-21-9-6-8-16-15(18-12-14(20)19(2)3)17-11-13-7-5-10-22-13/h5,7,10H,4,6,8-9,11-12H2,1-3H3,(H2,16,17,18). The van der Waals surface area contributed by atoms with E-state index in [1.54, 1.807) is 25.4 Å². The molecule has 22 heavy (non-hydrogen) atoms. The Labute approximate surface area is 136 Å². The molecule has 0 saturated carbocycles. The van der Waals surface area contributed by atoms with Gasteiger partial charge in [0.15, 0.2) is 5.96 Å². The number of hydrogen-bond acceptors (Lipinski definition) is 4. The number of ether oxygens (including phenoxy) is 1. The SMILES string of the molecule is CCOCCCNC(=NCC(=O)N(C)C)NCc1cccs1. The second kappa shape index (κ2) is 11.0. The summed E-state index contributed by atoms with van der Waals surface area (Å²) < 4.78 is 5.30. The quantitative estimate of drug-likeness (QED) is 0.408. The van der Waals surface area contributed by atoms with Gasteiger partial charge in [-0.15, -0.1) is 11.3 Å². The van der Waals surface area contributed by atoms with E-state index in [2.05, 4.69) is 21.7 Å². The Morgan fingerprint density at radius 2 is 2.23 bits per heavy atom. The van der Waals surface area contributed by atoms with E-state index < -0.39 is 0 Å². The molecule has 1 heterocycles. The number of nitrogens with one attached hydrogen (secondary N) is 2. The summed E-state index contributed by atoms with van der Waals surface area (Å²) in [5.41, 5.74) is 0. The minimum atomic E-state index is -0.0217. The summed E-state index contributed by atoms with van der Waals surface area (Å²) in [7, 11) is 3.46. The van der Waals surface area contributed by atoms with Crippen molar-refractivity contribution in [1.82, 2.24) is 15.5 Å². The topological polar surface area (TPSA) is 66.0 Å². The van der Waals surface area contributed by atoms with Gasteiger partial charge in [-0.2, -0.15) is 0 Å². The molecule has 0 aliphatic heterocycles. The van der Waals surface area contributed by atoms with Crippen molar-refractivity contribution in [3.05, 3.63) is 22.4 Å². The van der Waals surface area contributed by atoms with E-state index in [0.29, 0.717) is 12.5 Å². The number of carbonyl (C=O) groups excluding carboxylic acids is 1. The van der Waals surface area contributed by atoms with Crippen LogP contribution in [0.4, 0.5) is 0 Å². The number of rotatable bonds is 9. The lowest BCUT2D eigenvalue weighted by Crippen LogP contribution is -2.38. The smallest absolute Gasteiger partial charge is 0.243 e. The van der Waals surface area contributed by atoms with Gasteiger partial charge >= 0.3 is 0 Å². The van der Waals surface area contributed by atoms with Crippen molar-refractivity contribution in [3.63, 3.8) is 0 Å². The Hall–Kier alpha value is -1.60. The van der Waals surface area contributed by atoms with Crippen molar-refractivity contribution in [3.8, 4) is 0 Å². The van der Waals surface area contributed by atoms with Crippen LogP contribution in [0.25, 0.3) is 0 Å². The number of thiophene rings is 1. The molecular formula is C15H26N4O2S. The molecule has 7 heteroatoms. The fourth-order valence-corrected chi connectivity index (χ4v) is 2.22. The van der Waals surface area contributed by atoms with E-state index in [1.165, 1.54) is 9.78 Å². The predicted octanol–water partition coefficient (Wildman–Crippen LogP) is 1.30. The maximum atomic E-state index is 11.6. The molecular weight excluding hydrogens is 300 g/mol. The van der Waals surface area contributed by atoms with Crippen LogP contribution < -0.4 is 10.6 Å². The Morgan fingerprint density at radius 1 is 1.41 bits per heavy atom. The molecule has 0 aromatic carbocycles. The maximum Gasteiger partial charge on any atom is 0.243 e. The lowest BCUT2D eigenvalue weighted by Gasteiger charge is -2.13. The average molecular weight is 326 g/mol. The highest BCUT2D eigenvalue weighted by Crippen LogP contribution is 2.07. The molecule has 0 atom stereocenters. The summed E-state index contributed by atoms with van der Waals surface area (Å²) in [5.74, 6) is 0.631. The zero-order valence-electron chi connectivity index (χ0n) is 13.6. The normalized spacial score (nSPS) is 11.3. The average Bonchev–Trinajstić information content (AvgIpc) is 3.01. The van der Waals surface area contributed by atoms with E-state index in [0.717, 1.165) is 26.2 Å². The lowest BCUT2D eigenvalue weighted by atomic mass is 10.4. The highest BCUT2D eigenvalue weighted by atomic mass is 32.1. The minimum Gasteiger partial charge on any atom is -0.382 e. The molecule has 0 radical (unpaired) electrons. The van der Waals surface area contributed by atoms with Gasteiger partial charge in [0.05, 0.1) is 6.54 Å². The van der Waals surface area contributed by atoms with Crippen LogP contribution in [0.3, 0.4) is 0 Å². The van der Waals surface area contributed by atoms with Gasteiger partial charge in [-0.1, -0.05) is 6.07 Å². The van der Waals surface area contributed by atoms with Crippen LogP contribution in [-0.2, 0) is 16.1 Å². The molecule has 0 aliphatic rings. The van der Waals surface area contributed by atoms with Crippen molar-refractivity contribution < 1.29 is 9.53 Å². The molecule has 1 aromatic rings. The number of aliphatic imine (C=N–C) groups is 1. The van der Waals surface area contributed by atoms with Gasteiger partial charge in [-0.25, -0.2) is 4.99 Å². The van der Waals surface area contributed by atoms with Gasteiger partial charge in [0.2, 0.25) is 5.91 Å². The molecule has 0 bridgehead atoms. The maximum absolute atomic E-state index is 11.6. The van der Waals surface area contributed by atoms with Gasteiger partial charge in [-0.3, -0.25) is 4.79 Å². The summed E-state index contributed by atoms with van der Waals surface area (Å²) in [6.45, 7) is 5.03. The Bertz CT molecular complexity index is 446. The Kier molecular flexibility index (Phi) is 9.25. The van der Waals surface area contributed by atoms with Crippen molar-refractivity contribution in [2.24, 2.45) is 4.99 Å². The van der Waals surface area contributed by atoms with Crippen LogP contribution in [-0.4, -0.2) is 57.2 Å².